The van der Waals surface area contributed by atoms with Crippen molar-refractivity contribution in [3.63, 3.8) is 0 Å². The van der Waals surface area contributed by atoms with E-state index in [2.05, 4.69) is 37.6 Å². The lowest BCUT2D eigenvalue weighted by atomic mass is 9.95. The monoisotopic (exact) mass is 323 g/mol. The van der Waals surface area contributed by atoms with E-state index in [1.807, 2.05) is 6.07 Å². The standard InChI is InChI=1S/C17H29N3O3/c1-12-8-20(9-14(23-12)11-22-6)15-7-13(10-21-5)18-16(19-15)17(2,3)4/h7,12,14H,8-11H2,1-6H3. The van der Waals surface area contributed by atoms with E-state index >= 15 is 0 Å². The summed E-state index contributed by atoms with van der Waals surface area (Å²) < 4.78 is 16.4. The minimum absolute atomic E-state index is 0.0580. The molecule has 6 nitrogen and oxygen atoms in total. The van der Waals surface area contributed by atoms with Gasteiger partial charge in [-0.25, -0.2) is 9.97 Å². The Labute approximate surface area is 139 Å². The van der Waals surface area contributed by atoms with Crippen LogP contribution < -0.4 is 4.90 Å². The van der Waals surface area contributed by atoms with Crippen LogP contribution in [0.4, 0.5) is 5.82 Å². The Kier molecular flexibility index (Phi) is 5.95. The van der Waals surface area contributed by atoms with Crippen LogP contribution >= 0.6 is 0 Å². The Morgan fingerprint density at radius 1 is 1.22 bits per heavy atom. The molecule has 1 aliphatic rings. The maximum Gasteiger partial charge on any atom is 0.136 e. The molecule has 0 aromatic carbocycles. The normalized spacial score (nSPS) is 22.4. The molecule has 1 aromatic heterocycles. The summed E-state index contributed by atoms with van der Waals surface area (Å²) in [5, 5.41) is 0. The zero-order chi connectivity index (χ0) is 17.0. The van der Waals surface area contributed by atoms with Gasteiger partial charge in [0.05, 0.1) is 31.1 Å². The molecule has 130 valence electrons. The van der Waals surface area contributed by atoms with Crippen molar-refractivity contribution in [1.82, 2.24) is 9.97 Å². The fourth-order valence-electron chi connectivity index (χ4n) is 2.71. The third-order valence-corrected chi connectivity index (χ3v) is 3.73. The Bertz CT molecular complexity index is 516. The van der Waals surface area contributed by atoms with E-state index in [0.717, 1.165) is 30.4 Å². The molecule has 1 saturated heterocycles. The van der Waals surface area contributed by atoms with Crippen LogP contribution in [0.15, 0.2) is 6.07 Å². The summed E-state index contributed by atoms with van der Waals surface area (Å²) in [5.74, 6) is 1.78. The van der Waals surface area contributed by atoms with Gasteiger partial charge in [-0.15, -0.1) is 0 Å². The van der Waals surface area contributed by atoms with Gasteiger partial charge in [-0.1, -0.05) is 20.8 Å². The van der Waals surface area contributed by atoms with Crippen LogP contribution in [0, 0.1) is 0 Å². The molecule has 0 radical (unpaired) electrons. The van der Waals surface area contributed by atoms with Crippen LogP contribution in [0.25, 0.3) is 0 Å². The van der Waals surface area contributed by atoms with Gasteiger partial charge in [-0.05, 0) is 6.92 Å². The maximum absolute atomic E-state index is 5.92. The lowest BCUT2D eigenvalue weighted by Crippen LogP contribution is -2.48. The second-order valence-corrected chi connectivity index (χ2v) is 7.15. The molecule has 0 spiro atoms. The third kappa shape index (κ3) is 4.86. The average Bonchev–Trinajstić information content (AvgIpc) is 2.46. The van der Waals surface area contributed by atoms with E-state index in [0.29, 0.717) is 13.2 Å². The third-order valence-electron chi connectivity index (χ3n) is 3.73. The summed E-state index contributed by atoms with van der Waals surface area (Å²) in [4.78, 5) is 11.7. The number of hydrogen-bond donors (Lipinski definition) is 0. The second-order valence-electron chi connectivity index (χ2n) is 7.15. The minimum Gasteiger partial charge on any atom is -0.382 e. The first-order chi connectivity index (χ1) is 10.8. The molecule has 0 aliphatic carbocycles. The number of aromatic nitrogens is 2. The van der Waals surface area contributed by atoms with Crippen LogP contribution in [0.5, 0.6) is 0 Å². The number of morpholine rings is 1. The summed E-state index contributed by atoms with van der Waals surface area (Å²) in [6, 6.07) is 2.01. The summed E-state index contributed by atoms with van der Waals surface area (Å²) in [5.41, 5.74) is 0.798. The Hall–Kier alpha value is -1.24. The maximum atomic E-state index is 5.92. The summed E-state index contributed by atoms with van der Waals surface area (Å²) >= 11 is 0. The number of methoxy groups -OCH3 is 2. The minimum atomic E-state index is -0.109. The molecule has 1 aromatic rings. The zero-order valence-corrected chi connectivity index (χ0v) is 15.1. The van der Waals surface area contributed by atoms with E-state index < -0.39 is 0 Å². The van der Waals surface area contributed by atoms with Gasteiger partial charge in [0, 0.05) is 38.8 Å². The van der Waals surface area contributed by atoms with Crippen molar-refractivity contribution in [2.45, 2.75) is 51.9 Å². The van der Waals surface area contributed by atoms with Crippen LogP contribution in [-0.2, 0) is 26.2 Å². The number of ether oxygens (including phenoxy) is 3. The van der Waals surface area contributed by atoms with Gasteiger partial charge in [-0.2, -0.15) is 0 Å². The molecule has 0 N–H and O–H groups in total. The van der Waals surface area contributed by atoms with Crippen LogP contribution in [0.3, 0.4) is 0 Å². The fourth-order valence-corrected chi connectivity index (χ4v) is 2.71. The number of anilines is 1. The van der Waals surface area contributed by atoms with Gasteiger partial charge in [0.15, 0.2) is 0 Å². The molecule has 0 saturated carbocycles. The van der Waals surface area contributed by atoms with Gasteiger partial charge >= 0.3 is 0 Å². The number of nitrogens with zero attached hydrogens (tertiary/aromatic N) is 3. The second kappa shape index (κ2) is 7.55. The SMILES string of the molecule is COCc1cc(N2CC(C)OC(COC)C2)nc(C(C)(C)C)n1. The van der Waals surface area contributed by atoms with E-state index in [9.17, 15) is 0 Å². The zero-order valence-electron chi connectivity index (χ0n) is 15.1. The topological polar surface area (TPSA) is 56.7 Å². The van der Waals surface area contributed by atoms with Gasteiger partial charge < -0.3 is 19.1 Å². The van der Waals surface area contributed by atoms with Gasteiger partial charge in [-0.3, -0.25) is 0 Å². The summed E-state index contributed by atoms with van der Waals surface area (Å²) in [6.45, 7) is 11.1. The first kappa shape index (κ1) is 18.1. The van der Waals surface area contributed by atoms with Crippen LogP contribution in [0.1, 0.15) is 39.2 Å². The highest BCUT2D eigenvalue weighted by Gasteiger charge is 2.28. The Balaban J connectivity index is 2.31. The van der Waals surface area contributed by atoms with Crippen molar-refractivity contribution < 1.29 is 14.2 Å². The average molecular weight is 323 g/mol. The van der Waals surface area contributed by atoms with Gasteiger partial charge in [0.1, 0.15) is 11.6 Å². The molecule has 2 heterocycles. The quantitative estimate of drug-likeness (QED) is 0.828. The lowest BCUT2D eigenvalue weighted by Gasteiger charge is -2.37. The molecule has 0 bridgehead atoms. The predicted octanol–water partition coefficient (Wildman–Crippen LogP) is 2.16. The molecular weight excluding hydrogens is 294 g/mol. The fraction of sp³-hybridized carbons (Fsp3) is 0.765. The first-order valence-electron chi connectivity index (χ1n) is 8.10. The van der Waals surface area contributed by atoms with E-state index in [1.165, 1.54) is 0 Å². The van der Waals surface area contributed by atoms with Crippen molar-refractivity contribution in [3.8, 4) is 0 Å². The van der Waals surface area contributed by atoms with Crippen molar-refractivity contribution in [2.75, 3.05) is 38.8 Å². The van der Waals surface area contributed by atoms with Gasteiger partial charge in [0.25, 0.3) is 0 Å². The Morgan fingerprint density at radius 2 is 1.96 bits per heavy atom. The number of hydrogen-bond acceptors (Lipinski definition) is 6. The molecule has 0 amide bonds. The lowest BCUT2D eigenvalue weighted by molar-refractivity contribution is -0.0512. The highest BCUT2D eigenvalue weighted by Crippen LogP contribution is 2.24. The molecule has 23 heavy (non-hydrogen) atoms. The summed E-state index contributed by atoms with van der Waals surface area (Å²) in [6.07, 6.45) is 0.200. The van der Waals surface area contributed by atoms with Crippen molar-refractivity contribution in [3.05, 3.63) is 17.6 Å². The van der Waals surface area contributed by atoms with Crippen molar-refractivity contribution in [2.24, 2.45) is 0 Å². The van der Waals surface area contributed by atoms with E-state index in [4.69, 9.17) is 19.2 Å². The van der Waals surface area contributed by atoms with Crippen LogP contribution in [0.2, 0.25) is 0 Å². The molecule has 1 aliphatic heterocycles. The van der Waals surface area contributed by atoms with Crippen molar-refractivity contribution >= 4 is 5.82 Å². The number of rotatable bonds is 5. The predicted molar refractivity (Wildman–Crippen MR) is 89.9 cm³/mol. The molecule has 6 heteroatoms. The highest BCUT2D eigenvalue weighted by molar-refractivity contribution is 5.41. The molecule has 2 atom stereocenters. The summed E-state index contributed by atoms with van der Waals surface area (Å²) in [7, 11) is 3.38. The van der Waals surface area contributed by atoms with Gasteiger partial charge in [0.2, 0.25) is 0 Å². The molecule has 2 unspecified atom stereocenters. The molecule has 2 rings (SSSR count). The Morgan fingerprint density at radius 3 is 2.57 bits per heavy atom. The highest BCUT2D eigenvalue weighted by atomic mass is 16.5. The molecular formula is C17H29N3O3. The molecule has 1 fully saturated rings. The largest absolute Gasteiger partial charge is 0.382 e. The van der Waals surface area contributed by atoms with E-state index in [-0.39, 0.29) is 17.6 Å². The smallest absolute Gasteiger partial charge is 0.136 e. The first-order valence-corrected chi connectivity index (χ1v) is 8.10. The van der Waals surface area contributed by atoms with E-state index in [1.54, 1.807) is 14.2 Å². The van der Waals surface area contributed by atoms with Crippen molar-refractivity contribution in [1.29, 1.82) is 0 Å². The van der Waals surface area contributed by atoms with Crippen LogP contribution in [-0.4, -0.2) is 56.1 Å².